The molecular weight excluding hydrogens is 659 g/mol. The summed E-state index contributed by atoms with van der Waals surface area (Å²) >= 11 is 0. The standard InChI is InChI=1S/C33H40F3N9O5/c1-2-3-4-5-14-39-30(48)27(41-32(50)40-15-20-6-12-23(13-7-20)33(34,35)36)19-45-18-26(42-43-45)21-8-10-22(11-9-21)31(49)44-16-24(28(37)46)25(17-44)29(38)47/h6-13,18,24-25,27H,2-5,14-17,19H2,1H3,(H2,37,46)(H2,38,47)(H,39,48)(H2,40,41,50)/t24-,25-,27+/m1/s1. The van der Waals surface area contributed by atoms with Crippen molar-refractivity contribution < 1.29 is 37.1 Å². The van der Waals surface area contributed by atoms with E-state index in [9.17, 15) is 37.1 Å². The average Bonchev–Trinajstić information content (AvgIpc) is 3.75. The first-order valence-corrected chi connectivity index (χ1v) is 16.1. The summed E-state index contributed by atoms with van der Waals surface area (Å²) in [4.78, 5) is 63.9. The molecule has 2 aromatic carbocycles. The Labute approximate surface area is 286 Å². The van der Waals surface area contributed by atoms with Crippen LogP contribution in [0.25, 0.3) is 11.3 Å². The van der Waals surface area contributed by atoms with Crippen LogP contribution in [0.1, 0.15) is 54.1 Å². The van der Waals surface area contributed by atoms with Crippen LogP contribution in [0.4, 0.5) is 18.0 Å². The van der Waals surface area contributed by atoms with Gasteiger partial charge < -0.3 is 32.3 Å². The number of carbonyl (C=O) groups excluding carboxylic acids is 5. The van der Waals surface area contributed by atoms with Gasteiger partial charge in [0.1, 0.15) is 11.7 Å². The van der Waals surface area contributed by atoms with Gasteiger partial charge in [-0.3, -0.25) is 19.2 Å². The molecule has 3 atom stereocenters. The topological polar surface area (TPSA) is 207 Å². The number of nitrogens with zero attached hydrogens (tertiary/aromatic N) is 4. The van der Waals surface area contributed by atoms with E-state index >= 15 is 0 Å². The Balaban J connectivity index is 1.40. The molecule has 0 radical (unpaired) electrons. The lowest BCUT2D eigenvalue weighted by Gasteiger charge is -2.19. The van der Waals surface area contributed by atoms with E-state index in [0.717, 1.165) is 37.8 Å². The Kier molecular flexibility index (Phi) is 12.5. The number of hydrogen-bond acceptors (Lipinski definition) is 7. The van der Waals surface area contributed by atoms with Gasteiger partial charge in [-0.05, 0) is 36.2 Å². The van der Waals surface area contributed by atoms with Gasteiger partial charge in [0, 0.05) is 37.3 Å². The molecule has 1 saturated heterocycles. The fourth-order valence-electron chi connectivity index (χ4n) is 5.50. The average molecular weight is 700 g/mol. The van der Waals surface area contributed by atoms with Crippen LogP contribution >= 0.6 is 0 Å². The highest BCUT2D eigenvalue weighted by atomic mass is 19.4. The van der Waals surface area contributed by atoms with Gasteiger partial charge in [-0.2, -0.15) is 13.2 Å². The number of nitrogens with one attached hydrogen (secondary N) is 3. The number of unbranched alkanes of at least 4 members (excludes halogenated alkanes) is 3. The number of carbonyl (C=O) groups is 5. The minimum Gasteiger partial charge on any atom is -0.369 e. The minimum atomic E-state index is -4.48. The number of rotatable bonds is 15. The van der Waals surface area contributed by atoms with Gasteiger partial charge in [0.2, 0.25) is 17.7 Å². The Hall–Kier alpha value is -5.48. The van der Waals surface area contributed by atoms with Crippen molar-refractivity contribution in [3.63, 3.8) is 0 Å². The third-order valence-electron chi connectivity index (χ3n) is 8.36. The van der Waals surface area contributed by atoms with Crippen molar-refractivity contribution in [2.75, 3.05) is 19.6 Å². The summed E-state index contributed by atoms with van der Waals surface area (Å²) < 4.78 is 40.0. The third-order valence-corrected chi connectivity index (χ3v) is 8.36. The second-order valence-electron chi connectivity index (χ2n) is 12.1. The van der Waals surface area contributed by atoms with E-state index in [1.54, 1.807) is 30.5 Å². The van der Waals surface area contributed by atoms with Gasteiger partial charge in [0.25, 0.3) is 5.91 Å². The first kappa shape index (κ1) is 37.3. The van der Waals surface area contributed by atoms with Crippen molar-refractivity contribution in [1.29, 1.82) is 0 Å². The van der Waals surface area contributed by atoms with Gasteiger partial charge >= 0.3 is 12.2 Å². The molecule has 0 saturated carbocycles. The van der Waals surface area contributed by atoms with Crippen LogP contribution in [0.5, 0.6) is 0 Å². The molecule has 50 heavy (non-hydrogen) atoms. The summed E-state index contributed by atoms with van der Waals surface area (Å²) in [6, 6.07) is 8.98. The molecule has 14 nitrogen and oxygen atoms in total. The lowest BCUT2D eigenvalue weighted by atomic mass is 9.95. The molecule has 7 N–H and O–H groups in total. The number of likely N-dealkylation sites (tertiary alicyclic amines) is 1. The maximum Gasteiger partial charge on any atom is 0.416 e. The van der Waals surface area contributed by atoms with Crippen molar-refractivity contribution >= 4 is 29.7 Å². The molecule has 1 aliphatic rings. The Morgan fingerprint density at radius 2 is 1.54 bits per heavy atom. The van der Waals surface area contributed by atoms with E-state index in [-0.39, 0.29) is 26.2 Å². The molecule has 4 rings (SSSR count). The number of hydrogen-bond donors (Lipinski definition) is 5. The monoisotopic (exact) mass is 699 g/mol. The Morgan fingerprint density at radius 1 is 0.900 bits per heavy atom. The maximum atomic E-state index is 13.1. The fraction of sp³-hybridized carbons (Fsp3) is 0.424. The zero-order valence-electron chi connectivity index (χ0n) is 27.4. The van der Waals surface area contributed by atoms with Crippen LogP contribution < -0.4 is 27.4 Å². The quantitative estimate of drug-likeness (QED) is 0.149. The Morgan fingerprint density at radius 3 is 2.12 bits per heavy atom. The molecule has 0 spiro atoms. The highest BCUT2D eigenvalue weighted by molar-refractivity contribution is 5.97. The molecule has 2 heterocycles. The van der Waals surface area contributed by atoms with Gasteiger partial charge in [0.05, 0.1) is 30.1 Å². The summed E-state index contributed by atoms with van der Waals surface area (Å²) in [6.07, 6.45) is 0.819. The summed E-state index contributed by atoms with van der Waals surface area (Å²) in [5.41, 5.74) is 11.7. The van der Waals surface area contributed by atoms with Crippen LogP contribution in [0.15, 0.2) is 54.7 Å². The molecule has 3 aromatic rings. The number of nitrogens with two attached hydrogens (primary N) is 2. The first-order chi connectivity index (χ1) is 23.8. The number of halogens is 3. The molecule has 1 aromatic heterocycles. The summed E-state index contributed by atoms with van der Waals surface area (Å²) in [5, 5.41) is 16.2. The third kappa shape index (κ3) is 10.0. The van der Waals surface area contributed by atoms with Crippen LogP contribution in [-0.4, -0.2) is 75.2 Å². The summed E-state index contributed by atoms with van der Waals surface area (Å²) in [6.45, 7) is 2.27. The van der Waals surface area contributed by atoms with Crippen molar-refractivity contribution in [3.8, 4) is 11.3 Å². The molecule has 0 unspecified atom stereocenters. The molecule has 0 aliphatic carbocycles. The largest absolute Gasteiger partial charge is 0.416 e. The van der Waals surface area contributed by atoms with Crippen LogP contribution in [0, 0.1) is 11.8 Å². The predicted molar refractivity (Wildman–Crippen MR) is 174 cm³/mol. The SMILES string of the molecule is CCCCCCNC(=O)[C@H](Cn1cc(-c2ccc(C(=O)N3C[C@@H](C(N)=O)[C@H](C(N)=O)C3)cc2)nn1)NC(=O)NCc1ccc(C(F)(F)F)cc1. The number of benzene rings is 2. The van der Waals surface area contributed by atoms with E-state index in [2.05, 4.69) is 33.2 Å². The first-order valence-electron chi connectivity index (χ1n) is 16.1. The predicted octanol–water partition coefficient (Wildman–Crippen LogP) is 2.19. The Bertz CT molecular complexity index is 1640. The normalized spacial score (nSPS) is 16.4. The summed E-state index contributed by atoms with van der Waals surface area (Å²) in [7, 11) is 0. The van der Waals surface area contributed by atoms with Gasteiger partial charge in [-0.25, -0.2) is 9.48 Å². The van der Waals surface area contributed by atoms with Crippen molar-refractivity contribution in [2.45, 2.75) is 57.9 Å². The molecule has 17 heteroatoms. The number of urea groups is 1. The zero-order valence-corrected chi connectivity index (χ0v) is 27.4. The smallest absolute Gasteiger partial charge is 0.369 e. The van der Waals surface area contributed by atoms with E-state index in [1.165, 1.54) is 21.7 Å². The molecule has 268 valence electrons. The number of amides is 6. The number of alkyl halides is 3. The lowest BCUT2D eigenvalue weighted by molar-refractivity contribution is -0.137. The van der Waals surface area contributed by atoms with Gasteiger partial charge in [0.15, 0.2) is 0 Å². The van der Waals surface area contributed by atoms with Crippen LogP contribution in [0.3, 0.4) is 0 Å². The maximum absolute atomic E-state index is 13.1. The summed E-state index contributed by atoms with van der Waals surface area (Å²) in [5.74, 6) is -3.99. The molecular formula is C33H40F3N9O5. The van der Waals surface area contributed by atoms with Gasteiger partial charge in [-0.15, -0.1) is 5.10 Å². The number of primary amides is 2. The van der Waals surface area contributed by atoms with Crippen molar-refractivity contribution in [2.24, 2.45) is 23.3 Å². The van der Waals surface area contributed by atoms with Crippen molar-refractivity contribution in [1.82, 2.24) is 35.8 Å². The van der Waals surface area contributed by atoms with Crippen molar-refractivity contribution in [3.05, 3.63) is 71.4 Å². The fourth-order valence-corrected chi connectivity index (χ4v) is 5.50. The second-order valence-corrected chi connectivity index (χ2v) is 12.1. The molecule has 1 aliphatic heterocycles. The van der Waals surface area contributed by atoms with E-state index in [1.807, 2.05) is 0 Å². The minimum absolute atomic E-state index is 0.0214. The molecule has 6 amide bonds. The van der Waals surface area contributed by atoms with E-state index < -0.39 is 59.3 Å². The highest BCUT2D eigenvalue weighted by Crippen LogP contribution is 2.29. The zero-order chi connectivity index (χ0) is 36.4. The second kappa shape index (κ2) is 16.8. The highest BCUT2D eigenvalue weighted by Gasteiger charge is 2.42. The van der Waals surface area contributed by atoms with Gasteiger partial charge in [-0.1, -0.05) is 55.7 Å². The van der Waals surface area contributed by atoms with E-state index in [0.29, 0.717) is 28.9 Å². The lowest BCUT2D eigenvalue weighted by Crippen LogP contribution is -2.52. The van der Waals surface area contributed by atoms with E-state index in [4.69, 9.17) is 11.5 Å². The molecule has 1 fully saturated rings. The van der Waals surface area contributed by atoms with Crippen LogP contribution in [0.2, 0.25) is 0 Å². The molecule has 0 bridgehead atoms. The number of aromatic nitrogens is 3. The van der Waals surface area contributed by atoms with Crippen LogP contribution in [-0.2, 0) is 33.6 Å².